The lowest BCUT2D eigenvalue weighted by Crippen LogP contribution is -2.05. The van der Waals surface area contributed by atoms with Crippen LogP contribution in [0, 0.1) is 11.8 Å². The minimum Gasteiger partial charge on any atom is -0.461 e. The molecule has 1 saturated carbocycles. The number of esters is 1. The summed E-state index contributed by atoms with van der Waals surface area (Å²) in [6, 6.07) is 1.99. The molecule has 1 fully saturated rings. The third-order valence-corrected chi connectivity index (χ3v) is 3.79. The van der Waals surface area contributed by atoms with Gasteiger partial charge in [-0.15, -0.1) is 0 Å². The highest BCUT2D eigenvalue weighted by atomic mass is 16.5. The smallest absolute Gasteiger partial charge is 0.354 e. The molecule has 3 nitrogen and oxygen atoms in total. The van der Waals surface area contributed by atoms with Gasteiger partial charge in [0, 0.05) is 5.69 Å². The average Bonchev–Trinajstić information content (AvgIpc) is 2.62. The summed E-state index contributed by atoms with van der Waals surface area (Å²) < 4.78 is 4.97. The Hall–Kier alpha value is -1.25. The predicted molar refractivity (Wildman–Crippen MR) is 55.8 cm³/mol. The van der Waals surface area contributed by atoms with E-state index < -0.39 is 0 Å². The number of nitrogens with one attached hydrogen (secondary N) is 1. The maximum absolute atomic E-state index is 11.5. The van der Waals surface area contributed by atoms with Crippen LogP contribution in [-0.2, 0) is 11.2 Å². The van der Waals surface area contributed by atoms with E-state index in [2.05, 4.69) is 11.9 Å². The third-order valence-electron chi connectivity index (χ3n) is 3.79. The molecule has 15 heavy (non-hydrogen) atoms. The molecular formula is C12H15NO2. The van der Waals surface area contributed by atoms with Crippen molar-refractivity contribution in [1.82, 2.24) is 4.98 Å². The lowest BCUT2D eigenvalue weighted by molar-refractivity contribution is 0.0520. The number of hydrogen-bond donors (Lipinski definition) is 1. The first kappa shape index (κ1) is 9.01. The fourth-order valence-corrected chi connectivity index (χ4v) is 2.91. The number of carbonyl (C=O) groups excluding carboxylic acids is 1. The second-order valence-corrected chi connectivity index (χ2v) is 4.59. The molecule has 3 rings (SSSR count). The summed E-state index contributed by atoms with van der Waals surface area (Å²) in [5, 5.41) is 0. The van der Waals surface area contributed by atoms with Crippen LogP contribution in [0.4, 0.5) is 0 Å². The van der Waals surface area contributed by atoms with Crippen LogP contribution in [-0.4, -0.2) is 17.6 Å². The van der Waals surface area contributed by atoms with E-state index >= 15 is 0 Å². The summed E-state index contributed by atoms with van der Waals surface area (Å²) in [6.45, 7) is 4.55. The lowest BCUT2D eigenvalue weighted by Gasteiger charge is -1.98. The summed E-state index contributed by atoms with van der Waals surface area (Å²) in [5.41, 5.74) is 3.24. The number of H-pyrrole nitrogens is 1. The first-order valence-electron chi connectivity index (χ1n) is 5.61. The Labute approximate surface area is 88.8 Å². The third kappa shape index (κ3) is 1.15. The minimum absolute atomic E-state index is 0.225. The molecule has 0 radical (unpaired) electrons. The fraction of sp³-hybridized carbons (Fsp3) is 0.583. The van der Waals surface area contributed by atoms with Crippen LogP contribution in [0.2, 0.25) is 0 Å². The van der Waals surface area contributed by atoms with Crippen molar-refractivity contribution in [3.05, 3.63) is 23.0 Å². The van der Waals surface area contributed by atoms with Gasteiger partial charge < -0.3 is 9.72 Å². The van der Waals surface area contributed by atoms with Crippen LogP contribution in [0.3, 0.4) is 0 Å². The molecule has 3 heteroatoms. The zero-order chi connectivity index (χ0) is 10.6. The van der Waals surface area contributed by atoms with Crippen LogP contribution >= 0.6 is 0 Å². The second kappa shape index (κ2) is 2.87. The molecule has 1 N–H and O–H groups in total. The van der Waals surface area contributed by atoms with Crippen molar-refractivity contribution in [1.29, 1.82) is 0 Å². The van der Waals surface area contributed by atoms with Crippen molar-refractivity contribution in [2.24, 2.45) is 11.8 Å². The molecule has 1 aromatic rings. The van der Waals surface area contributed by atoms with E-state index in [-0.39, 0.29) is 5.97 Å². The van der Waals surface area contributed by atoms with E-state index in [1.165, 1.54) is 11.3 Å². The Balaban J connectivity index is 1.86. The molecule has 0 saturated heterocycles. The summed E-state index contributed by atoms with van der Waals surface area (Å²) >= 11 is 0. The van der Waals surface area contributed by atoms with E-state index in [1.54, 1.807) is 0 Å². The highest BCUT2D eigenvalue weighted by Crippen LogP contribution is 2.61. The van der Waals surface area contributed by atoms with Gasteiger partial charge in [-0.1, -0.05) is 6.92 Å². The Morgan fingerprint density at radius 1 is 1.67 bits per heavy atom. The number of hydrogen-bond acceptors (Lipinski definition) is 2. The highest BCUT2D eigenvalue weighted by molar-refractivity contribution is 5.88. The Morgan fingerprint density at radius 3 is 3.20 bits per heavy atom. The predicted octanol–water partition coefficient (Wildman–Crippen LogP) is 2.10. The molecule has 0 amide bonds. The molecule has 1 heterocycles. The van der Waals surface area contributed by atoms with E-state index in [4.69, 9.17) is 4.74 Å². The molecule has 3 atom stereocenters. The van der Waals surface area contributed by atoms with Gasteiger partial charge in [0.2, 0.25) is 0 Å². The molecule has 2 unspecified atom stereocenters. The van der Waals surface area contributed by atoms with Crippen LogP contribution in [0.25, 0.3) is 0 Å². The number of carbonyl (C=O) groups is 1. The molecule has 0 spiro atoms. The van der Waals surface area contributed by atoms with Gasteiger partial charge in [-0.3, -0.25) is 0 Å². The molecule has 1 aromatic heterocycles. The number of aromatic amines is 1. The van der Waals surface area contributed by atoms with Crippen LogP contribution in [0.5, 0.6) is 0 Å². The van der Waals surface area contributed by atoms with Gasteiger partial charge in [0.1, 0.15) is 5.69 Å². The molecule has 0 bridgehead atoms. The monoisotopic (exact) mass is 205 g/mol. The van der Waals surface area contributed by atoms with Gasteiger partial charge in [-0.2, -0.15) is 0 Å². The van der Waals surface area contributed by atoms with Crippen molar-refractivity contribution in [2.45, 2.75) is 26.2 Å². The summed E-state index contributed by atoms with van der Waals surface area (Å²) in [5.74, 6) is 2.13. The summed E-state index contributed by atoms with van der Waals surface area (Å²) in [7, 11) is 0. The van der Waals surface area contributed by atoms with Crippen LogP contribution < -0.4 is 0 Å². The number of aromatic nitrogens is 1. The normalized spacial score (nSPS) is 30.9. The molecule has 80 valence electrons. The van der Waals surface area contributed by atoms with Gasteiger partial charge in [-0.05, 0) is 42.7 Å². The van der Waals surface area contributed by atoms with Gasteiger partial charge in [0.15, 0.2) is 0 Å². The average molecular weight is 205 g/mol. The van der Waals surface area contributed by atoms with Gasteiger partial charge >= 0.3 is 5.97 Å². The first-order chi connectivity index (χ1) is 7.22. The van der Waals surface area contributed by atoms with Crippen LogP contribution in [0.15, 0.2) is 6.07 Å². The Bertz CT molecular complexity index is 421. The summed E-state index contributed by atoms with van der Waals surface area (Å²) in [4.78, 5) is 14.7. The molecule has 0 aliphatic heterocycles. The highest BCUT2D eigenvalue weighted by Gasteiger charge is 2.53. The first-order valence-corrected chi connectivity index (χ1v) is 5.61. The number of fused-ring (bicyclic) bond motifs is 3. The van der Waals surface area contributed by atoms with E-state index in [1.807, 2.05) is 13.0 Å². The maximum atomic E-state index is 11.5. The molecule has 2 aliphatic carbocycles. The summed E-state index contributed by atoms with van der Waals surface area (Å²) in [6.07, 6.45) is 1.11. The lowest BCUT2D eigenvalue weighted by atomic mass is 10.1. The van der Waals surface area contributed by atoms with E-state index in [9.17, 15) is 4.79 Å². The van der Waals surface area contributed by atoms with E-state index in [0.29, 0.717) is 18.2 Å². The van der Waals surface area contributed by atoms with Gasteiger partial charge in [0.05, 0.1) is 6.61 Å². The number of ether oxygens (including phenoxy) is 1. The molecule has 2 aliphatic rings. The van der Waals surface area contributed by atoms with Crippen molar-refractivity contribution < 1.29 is 9.53 Å². The Morgan fingerprint density at radius 2 is 2.47 bits per heavy atom. The SMILES string of the molecule is CCOC(=O)c1cc2c([nH]1)C[C@@H]1C(C)C21. The van der Waals surface area contributed by atoms with Crippen molar-refractivity contribution in [3.8, 4) is 0 Å². The zero-order valence-corrected chi connectivity index (χ0v) is 9.04. The van der Waals surface area contributed by atoms with Crippen molar-refractivity contribution in [2.75, 3.05) is 6.61 Å². The van der Waals surface area contributed by atoms with Gasteiger partial charge in [0.25, 0.3) is 0 Å². The zero-order valence-electron chi connectivity index (χ0n) is 9.04. The largest absolute Gasteiger partial charge is 0.461 e. The second-order valence-electron chi connectivity index (χ2n) is 4.59. The number of rotatable bonds is 2. The van der Waals surface area contributed by atoms with Crippen molar-refractivity contribution >= 4 is 5.97 Å². The maximum Gasteiger partial charge on any atom is 0.354 e. The standard InChI is InChI=1S/C12H15NO2/c1-3-15-12(14)10-5-8-9(13-10)4-7-6(2)11(7)8/h5-7,11,13H,3-4H2,1-2H3/t6?,7-,11?/m1/s1. The van der Waals surface area contributed by atoms with Crippen molar-refractivity contribution in [3.63, 3.8) is 0 Å². The van der Waals surface area contributed by atoms with Crippen LogP contribution in [0.1, 0.15) is 41.5 Å². The minimum atomic E-state index is -0.225. The van der Waals surface area contributed by atoms with E-state index in [0.717, 1.165) is 18.3 Å². The molecule has 0 aromatic carbocycles. The quantitative estimate of drug-likeness (QED) is 0.751. The topological polar surface area (TPSA) is 42.1 Å². The van der Waals surface area contributed by atoms with Gasteiger partial charge in [-0.25, -0.2) is 4.79 Å². The fourth-order valence-electron chi connectivity index (χ4n) is 2.91. The Kier molecular flexibility index (Phi) is 1.73. The molecular weight excluding hydrogens is 190 g/mol.